The van der Waals surface area contributed by atoms with Gasteiger partial charge < -0.3 is 20.1 Å². The average molecular weight is 596 g/mol. The van der Waals surface area contributed by atoms with Gasteiger partial charge in [-0.05, 0) is 66.8 Å². The lowest BCUT2D eigenvalue weighted by atomic mass is 9.86. The van der Waals surface area contributed by atoms with Crippen molar-refractivity contribution in [2.45, 2.75) is 91.5 Å². The number of aliphatic carboxylic acids is 1. The first-order valence-electron chi connectivity index (χ1n) is 15.2. The summed E-state index contributed by atoms with van der Waals surface area (Å²) < 4.78 is 19.1. The highest BCUT2D eigenvalue weighted by Gasteiger charge is 2.40. The molecule has 0 fully saturated rings. The number of nitrogens with one attached hydrogen (secondary N) is 1. The van der Waals surface area contributed by atoms with E-state index in [1.54, 1.807) is 24.3 Å². The van der Waals surface area contributed by atoms with E-state index in [9.17, 15) is 23.9 Å². The van der Waals surface area contributed by atoms with Crippen molar-refractivity contribution < 1.29 is 28.6 Å². The van der Waals surface area contributed by atoms with E-state index in [4.69, 9.17) is 9.73 Å². The Kier molecular flexibility index (Phi) is 12.0. The highest BCUT2D eigenvalue weighted by Crippen LogP contribution is 2.37. The van der Waals surface area contributed by atoms with Crippen LogP contribution in [0.5, 0.6) is 0 Å². The predicted molar refractivity (Wildman–Crippen MR) is 166 cm³/mol. The zero-order valence-corrected chi connectivity index (χ0v) is 26.2. The molecule has 3 unspecified atom stereocenters. The monoisotopic (exact) mass is 595 g/mol. The van der Waals surface area contributed by atoms with E-state index in [0.717, 1.165) is 31.2 Å². The Balaban J connectivity index is 1.95. The highest BCUT2D eigenvalue weighted by molar-refractivity contribution is 6.46. The van der Waals surface area contributed by atoms with E-state index in [-0.39, 0.29) is 35.8 Å². The number of carbonyl (C=O) groups excluding carboxylic acids is 2. The number of benzene rings is 2. The van der Waals surface area contributed by atoms with Gasteiger partial charge in [0, 0.05) is 18.2 Å². The van der Waals surface area contributed by atoms with Crippen LogP contribution in [0.3, 0.4) is 0 Å². The summed E-state index contributed by atoms with van der Waals surface area (Å²) in [4.78, 5) is 44.8. The molecule has 43 heavy (non-hydrogen) atoms. The molecule has 0 radical (unpaired) electrons. The topological polar surface area (TPSA) is 108 Å². The lowest BCUT2D eigenvalue weighted by Crippen LogP contribution is -2.40. The molecule has 2 N–H and O–H groups in total. The molecule has 9 heteroatoms. The summed E-state index contributed by atoms with van der Waals surface area (Å²) >= 11 is 0. The molecular weight excluding hydrogens is 549 g/mol. The van der Waals surface area contributed by atoms with Crippen molar-refractivity contribution in [1.29, 1.82) is 0 Å². The number of carboxylic acids is 1. The van der Waals surface area contributed by atoms with Gasteiger partial charge in [-0.25, -0.2) is 9.18 Å². The number of aliphatic imine (C=N–C) groups is 1. The third-order valence-corrected chi connectivity index (χ3v) is 8.19. The standard InChI is InChI=1S/C34H46FN3O5/c1-7-22(8-2)12-17-29-37-30(25-10-9-11-26(35)20-25)32(40)38(29)27(18-19-34(3,4)5)23-13-15-24(16-14-23)31(39)36-21-28(43-6)33(41)42/h9-11,13-16,20,22,27-29H,7-8,12,17-19,21H2,1-6H3,(H,36,39)(H,41,42). The van der Waals surface area contributed by atoms with Crippen molar-refractivity contribution in [3.05, 3.63) is 71.0 Å². The van der Waals surface area contributed by atoms with Gasteiger partial charge in [0.15, 0.2) is 6.10 Å². The second-order valence-corrected chi connectivity index (χ2v) is 12.5. The average Bonchev–Trinajstić information content (AvgIpc) is 3.29. The van der Waals surface area contributed by atoms with E-state index < -0.39 is 23.8 Å². The third-order valence-electron chi connectivity index (χ3n) is 8.19. The number of rotatable bonds is 15. The van der Waals surface area contributed by atoms with E-state index in [0.29, 0.717) is 29.9 Å². The molecule has 1 heterocycles. The van der Waals surface area contributed by atoms with E-state index in [1.165, 1.54) is 19.2 Å². The van der Waals surface area contributed by atoms with Crippen LogP contribution < -0.4 is 5.32 Å². The van der Waals surface area contributed by atoms with Gasteiger partial charge in [-0.3, -0.25) is 14.6 Å². The largest absolute Gasteiger partial charge is 0.479 e. The van der Waals surface area contributed by atoms with E-state index >= 15 is 0 Å². The van der Waals surface area contributed by atoms with Crippen LogP contribution in [-0.4, -0.2) is 59.4 Å². The molecule has 0 bridgehead atoms. The molecule has 2 aromatic rings. The Morgan fingerprint density at radius 3 is 2.33 bits per heavy atom. The first-order valence-corrected chi connectivity index (χ1v) is 15.2. The molecule has 234 valence electrons. The lowest BCUT2D eigenvalue weighted by molar-refractivity contribution is -0.148. The normalized spacial score (nSPS) is 16.7. The predicted octanol–water partition coefficient (Wildman–Crippen LogP) is 6.40. The van der Waals surface area contributed by atoms with Crippen molar-refractivity contribution in [2.24, 2.45) is 16.3 Å². The summed E-state index contributed by atoms with van der Waals surface area (Å²) in [6.07, 6.45) is 3.71. The summed E-state index contributed by atoms with van der Waals surface area (Å²) in [5.41, 5.74) is 2.00. The Bertz CT molecular complexity index is 1280. The first kappa shape index (κ1) is 33.9. The number of methoxy groups -OCH3 is 1. The summed E-state index contributed by atoms with van der Waals surface area (Å²) in [7, 11) is 1.28. The molecule has 8 nitrogen and oxygen atoms in total. The molecule has 3 atom stereocenters. The van der Waals surface area contributed by atoms with Crippen LogP contribution in [0.4, 0.5) is 4.39 Å². The van der Waals surface area contributed by atoms with Crippen molar-refractivity contribution in [3.8, 4) is 0 Å². The van der Waals surface area contributed by atoms with Gasteiger partial charge in [0.1, 0.15) is 17.7 Å². The van der Waals surface area contributed by atoms with Crippen LogP contribution in [0, 0.1) is 17.2 Å². The molecule has 1 aliphatic rings. The minimum atomic E-state index is -1.16. The molecule has 0 spiro atoms. The van der Waals surface area contributed by atoms with Crippen LogP contribution in [0.25, 0.3) is 0 Å². The molecule has 0 aliphatic carbocycles. The molecule has 1 aliphatic heterocycles. The number of hydrogen-bond acceptors (Lipinski definition) is 5. The summed E-state index contributed by atoms with van der Waals surface area (Å²) in [6, 6.07) is 12.8. The molecule has 2 amide bonds. The Hall–Kier alpha value is -3.59. The van der Waals surface area contributed by atoms with E-state index in [1.807, 2.05) is 17.0 Å². The van der Waals surface area contributed by atoms with E-state index in [2.05, 4.69) is 39.9 Å². The van der Waals surface area contributed by atoms with Gasteiger partial charge in [-0.2, -0.15) is 0 Å². The van der Waals surface area contributed by atoms with Gasteiger partial charge in [-0.15, -0.1) is 0 Å². The molecule has 2 aromatic carbocycles. The maximum atomic E-state index is 14.2. The third kappa shape index (κ3) is 9.20. The fourth-order valence-electron chi connectivity index (χ4n) is 5.44. The van der Waals surface area contributed by atoms with Crippen LogP contribution in [0.1, 0.15) is 101 Å². The minimum absolute atomic E-state index is 0.0140. The number of nitrogens with zero attached hydrogens (tertiary/aromatic N) is 2. The zero-order valence-electron chi connectivity index (χ0n) is 26.2. The second kappa shape index (κ2) is 15.2. The van der Waals surface area contributed by atoms with Crippen LogP contribution in [0.2, 0.25) is 0 Å². The summed E-state index contributed by atoms with van der Waals surface area (Å²) in [6.45, 7) is 10.7. The summed E-state index contributed by atoms with van der Waals surface area (Å²) in [5, 5.41) is 11.8. The number of amides is 2. The summed E-state index contributed by atoms with van der Waals surface area (Å²) in [5.74, 6) is -1.69. The molecule has 0 saturated heterocycles. The zero-order chi connectivity index (χ0) is 31.7. The van der Waals surface area contributed by atoms with Gasteiger partial charge in [-0.1, -0.05) is 71.7 Å². The van der Waals surface area contributed by atoms with Gasteiger partial charge >= 0.3 is 5.97 Å². The quantitative estimate of drug-likeness (QED) is 0.248. The molecule has 3 rings (SSSR count). The minimum Gasteiger partial charge on any atom is -0.479 e. The highest BCUT2D eigenvalue weighted by atomic mass is 19.1. The van der Waals surface area contributed by atoms with Gasteiger partial charge in [0.2, 0.25) is 0 Å². The molecular formula is C34H46FN3O5. The Morgan fingerprint density at radius 2 is 1.77 bits per heavy atom. The Labute approximate surface area is 254 Å². The first-order chi connectivity index (χ1) is 20.4. The molecule has 0 saturated carbocycles. The second-order valence-electron chi connectivity index (χ2n) is 12.5. The van der Waals surface area contributed by atoms with Crippen molar-refractivity contribution in [3.63, 3.8) is 0 Å². The fourth-order valence-corrected chi connectivity index (χ4v) is 5.44. The van der Waals surface area contributed by atoms with Crippen molar-refractivity contribution >= 4 is 23.5 Å². The van der Waals surface area contributed by atoms with Crippen LogP contribution in [-0.2, 0) is 14.3 Å². The van der Waals surface area contributed by atoms with Crippen LogP contribution >= 0.6 is 0 Å². The number of carboxylic acid groups (broad SMARTS) is 1. The van der Waals surface area contributed by atoms with Gasteiger partial charge in [0.05, 0.1) is 12.6 Å². The Morgan fingerprint density at radius 1 is 1.09 bits per heavy atom. The smallest absolute Gasteiger partial charge is 0.334 e. The SMILES string of the molecule is CCC(CC)CCC1N=C(c2cccc(F)c2)C(=O)N1C(CCC(C)(C)C)c1ccc(C(=O)NCC(OC)C(=O)O)cc1. The number of carbonyl (C=O) groups is 3. The fraction of sp³-hybridized carbons (Fsp3) is 0.529. The van der Waals surface area contributed by atoms with Crippen molar-refractivity contribution in [2.75, 3.05) is 13.7 Å². The number of hydrogen-bond donors (Lipinski definition) is 2. The lowest BCUT2D eigenvalue weighted by Gasteiger charge is -2.35. The van der Waals surface area contributed by atoms with Crippen molar-refractivity contribution in [1.82, 2.24) is 10.2 Å². The number of halogens is 1. The maximum Gasteiger partial charge on any atom is 0.334 e. The maximum absolute atomic E-state index is 14.2. The number of ether oxygens (including phenoxy) is 1. The van der Waals surface area contributed by atoms with Gasteiger partial charge in [0.25, 0.3) is 11.8 Å². The van der Waals surface area contributed by atoms with Crippen LogP contribution in [0.15, 0.2) is 53.5 Å². The molecule has 0 aromatic heterocycles.